The highest BCUT2D eigenvalue weighted by atomic mass is 16.6. The smallest absolute Gasteiger partial charge is 0.343 e. The highest BCUT2D eigenvalue weighted by molar-refractivity contribution is 5.97. The number of aromatic nitrogens is 2. The molecule has 2 heterocycles. The highest BCUT2D eigenvalue weighted by Gasteiger charge is 2.36. The van der Waals surface area contributed by atoms with Crippen LogP contribution in [0.2, 0.25) is 0 Å². The van der Waals surface area contributed by atoms with Crippen molar-refractivity contribution in [2.45, 2.75) is 26.4 Å². The van der Waals surface area contributed by atoms with Crippen molar-refractivity contribution in [3.63, 3.8) is 0 Å². The summed E-state index contributed by atoms with van der Waals surface area (Å²) in [5, 5.41) is 0. The Balaban J connectivity index is 1.98. The number of hydrogen-bond acceptors (Lipinski definition) is 7. The van der Waals surface area contributed by atoms with Crippen LogP contribution in [0.25, 0.3) is 0 Å². The van der Waals surface area contributed by atoms with Crippen LogP contribution >= 0.6 is 0 Å². The van der Waals surface area contributed by atoms with Gasteiger partial charge in [0.25, 0.3) is 0 Å². The summed E-state index contributed by atoms with van der Waals surface area (Å²) < 4.78 is 21.5. The molecule has 0 fully saturated rings. The summed E-state index contributed by atoms with van der Waals surface area (Å²) >= 11 is 0. The van der Waals surface area contributed by atoms with Gasteiger partial charge >= 0.3 is 12.0 Å². The Hall–Kier alpha value is -2.83. The molecule has 0 spiro atoms. The van der Waals surface area contributed by atoms with Crippen LogP contribution in [-0.2, 0) is 4.74 Å². The van der Waals surface area contributed by atoms with E-state index in [0.717, 1.165) is 12.0 Å². The van der Waals surface area contributed by atoms with Gasteiger partial charge in [-0.2, -0.15) is 9.97 Å². The first-order chi connectivity index (χ1) is 12.1. The number of methoxy groups -OCH3 is 2. The second-order valence-corrected chi connectivity index (χ2v) is 5.77. The summed E-state index contributed by atoms with van der Waals surface area (Å²) in [6, 6.07) is 6.97. The SMILES string of the molecule is CCC(C)C1OC(=O)c2c(Oc3nc(OC)cc(OC)n3)cccc21. The molecule has 0 N–H and O–H groups in total. The number of carbonyl (C=O) groups is 1. The van der Waals surface area contributed by atoms with E-state index in [4.69, 9.17) is 18.9 Å². The van der Waals surface area contributed by atoms with Crippen LogP contribution in [-0.4, -0.2) is 30.2 Å². The molecule has 0 aliphatic carbocycles. The third-order valence-electron chi connectivity index (χ3n) is 4.24. The molecule has 0 radical (unpaired) electrons. The van der Waals surface area contributed by atoms with E-state index in [1.807, 2.05) is 12.1 Å². The Morgan fingerprint density at radius 2 is 1.88 bits per heavy atom. The maximum absolute atomic E-state index is 12.4. The Morgan fingerprint density at radius 3 is 2.48 bits per heavy atom. The van der Waals surface area contributed by atoms with Crippen molar-refractivity contribution in [1.29, 1.82) is 0 Å². The molecule has 1 aliphatic heterocycles. The zero-order valence-corrected chi connectivity index (χ0v) is 14.6. The minimum atomic E-state index is -0.397. The maximum atomic E-state index is 12.4. The molecule has 7 heteroatoms. The minimum Gasteiger partial charge on any atom is -0.481 e. The minimum absolute atomic E-state index is 0.0318. The van der Waals surface area contributed by atoms with Gasteiger partial charge in [0.1, 0.15) is 17.4 Å². The predicted octanol–water partition coefficient (Wildman–Crippen LogP) is 3.54. The van der Waals surface area contributed by atoms with Crippen molar-refractivity contribution in [3.8, 4) is 23.5 Å². The number of carbonyl (C=O) groups excluding carboxylic acids is 1. The molecule has 3 rings (SSSR count). The summed E-state index contributed by atoms with van der Waals surface area (Å²) in [6.07, 6.45) is 0.635. The quantitative estimate of drug-likeness (QED) is 0.741. The topological polar surface area (TPSA) is 79.8 Å². The van der Waals surface area contributed by atoms with Crippen molar-refractivity contribution in [1.82, 2.24) is 9.97 Å². The second kappa shape index (κ2) is 6.96. The van der Waals surface area contributed by atoms with Gasteiger partial charge in [0.15, 0.2) is 0 Å². The Morgan fingerprint density at radius 1 is 1.20 bits per heavy atom. The molecular formula is C18H20N2O5. The van der Waals surface area contributed by atoms with E-state index < -0.39 is 5.97 Å². The third-order valence-corrected chi connectivity index (χ3v) is 4.24. The van der Waals surface area contributed by atoms with Crippen LogP contribution in [0, 0.1) is 5.92 Å². The summed E-state index contributed by atoms with van der Waals surface area (Å²) in [5.41, 5.74) is 1.24. The van der Waals surface area contributed by atoms with Crippen LogP contribution in [0.15, 0.2) is 24.3 Å². The van der Waals surface area contributed by atoms with Gasteiger partial charge in [0, 0.05) is 5.56 Å². The lowest BCUT2D eigenvalue weighted by Gasteiger charge is -2.17. The summed E-state index contributed by atoms with van der Waals surface area (Å²) in [4.78, 5) is 20.6. The summed E-state index contributed by atoms with van der Waals surface area (Å²) in [6.45, 7) is 4.11. The fraction of sp³-hybridized carbons (Fsp3) is 0.389. The first-order valence-corrected chi connectivity index (χ1v) is 8.06. The average Bonchev–Trinajstić information content (AvgIpc) is 2.98. The molecule has 25 heavy (non-hydrogen) atoms. The molecule has 2 atom stereocenters. The van der Waals surface area contributed by atoms with E-state index >= 15 is 0 Å². The molecule has 132 valence electrons. The number of cyclic esters (lactones) is 1. The molecule has 0 saturated heterocycles. The second-order valence-electron chi connectivity index (χ2n) is 5.77. The molecular weight excluding hydrogens is 324 g/mol. The zero-order chi connectivity index (χ0) is 18.0. The lowest BCUT2D eigenvalue weighted by molar-refractivity contribution is 0.0253. The molecule has 7 nitrogen and oxygen atoms in total. The number of nitrogens with zero attached hydrogens (tertiary/aromatic N) is 2. The third kappa shape index (κ3) is 3.22. The molecule has 1 aromatic heterocycles. The van der Waals surface area contributed by atoms with Crippen LogP contribution < -0.4 is 14.2 Å². The van der Waals surface area contributed by atoms with Crippen LogP contribution in [0.1, 0.15) is 42.3 Å². The van der Waals surface area contributed by atoms with Gasteiger partial charge in [-0.3, -0.25) is 0 Å². The molecule has 0 bridgehead atoms. The molecule has 1 aromatic carbocycles. The number of benzene rings is 1. The van der Waals surface area contributed by atoms with E-state index in [1.54, 1.807) is 6.07 Å². The van der Waals surface area contributed by atoms with Gasteiger partial charge in [-0.25, -0.2) is 4.79 Å². The normalized spacial score (nSPS) is 16.8. The van der Waals surface area contributed by atoms with Gasteiger partial charge in [-0.1, -0.05) is 26.0 Å². The zero-order valence-electron chi connectivity index (χ0n) is 14.6. The lowest BCUT2D eigenvalue weighted by atomic mass is 9.94. The van der Waals surface area contributed by atoms with Gasteiger partial charge in [0.2, 0.25) is 11.8 Å². The number of ether oxygens (including phenoxy) is 4. The fourth-order valence-electron chi connectivity index (χ4n) is 2.70. The van der Waals surface area contributed by atoms with Crippen LogP contribution in [0.3, 0.4) is 0 Å². The summed E-state index contributed by atoms with van der Waals surface area (Å²) in [7, 11) is 2.97. The number of hydrogen-bond donors (Lipinski definition) is 0. The van der Waals surface area contributed by atoms with E-state index in [9.17, 15) is 4.79 Å². The first kappa shape index (κ1) is 17.0. The molecule has 1 aliphatic rings. The fourth-order valence-corrected chi connectivity index (χ4v) is 2.70. The van der Waals surface area contributed by atoms with Gasteiger partial charge < -0.3 is 18.9 Å². The number of fused-ring (bicyclic) bond motifs is 1. The van der Waals surface area contributed by atoms with Crippen molar-refractivity contribution in [2.24, 2.45) is 5.92 Å². The first-order valence-electron chi connectivity index (χ1n) is 8.06. The number of rotatable bonds is 6. The largest absolute Gasteiger partial charge is 0.481 e. The average molecular weight is 344 g/mol. The molecule has 2 unspecified atom stereocenters. The van der Waals surface area contributed by atoms with E-state index in [1.165, 1.54) is 20.3 Å². The van der Waals surface area contributed by atoms with Crippen LogP contribution in [0.5, 0.6) is 23.5 Å². The van der Waals surface area contributed by atoms with Crippen molar-refractivity contribution >= 4 is 5.97 Å². The predicted molar refractivity (Wildman–Crippen MR) is 89.3 cm³/mol. The maximum Gasteiger partial charge on any atom is 0.343 e. The van der Waals surface area contributed by atoms with Crippen molar-refractivity contribution in [2.75, 3.05) is 14.2 Å². The van der Waals surface area contributed by atoms with E-state index in [0.29, 0.717) is 23.1 Å². The van der Waals surface area contributed by atoms with E-state index in [-0.39, 0.29) is 18.0 Å². The lowest BCUT2D eigenvalue weighted by Crippen LogP contribution is -2.08. The van der Waals surface area contributed by atoms with Gasteiger partial charge in [-0.05, 0) is 18.4 Å². The van der Waals surface area contributed by atoms with Gasteiger partial charge in [-0.15, -0.1) is 0 Å². The standard InChI is InChI=1S/C18H20N2O5/c1-5-10(2)16-11-7-6-8-12(15(11)17(21)25-16)24-18-19-13(22-3)9-14(20-18)23-4/h6-10,16H,5H2,1-4H3. The Kier molecular flexibility index (Phi) is 4.74. The highest BCUT2D eigenvalue weighted by Crippen LogP contribution is 2.42. The number of esters is 1. The van der Waals surface area contributed by atoms with Gasteiger partial charge in [0.05, 0.1) is 20.3 Å². The van der Waals surface area contributed by atoms with Crippen LogP contribution in [0.4, 0.5) is 0 Å². The molecule has 2 aromatic rings. The monoisotopic (exact) mass is 344 g/mol. The van der Waals surface area contributed by atoms with E-state index in [2.05, 4.69) is 23.8 Å². The molecule has 0 saturated carbocycles. The Labute approximate surface area is 145 Å². The van der Waals surface area contributed by atoms with Crippen molar-refractivity contribution < 1.29 is 23.7 Å². The Bertz CT molecular complexity index is 771. The van der Waals surface area contributed by atoms with Crippen molar-refractivity contribution in [3.05, 3.63) is 35.4 Å². The molecule has 0 amide bonds. The summed E-state index contributed by atoms with van der Waals surface area (Å²) in [5.74, 6) is 0.770.